The largest absolute Gasteiger partial charge is 0.573 e. The number of tetrazole rings is 1. The first kappa shape index (κ1) is 22.6. The second kappa shape index (κ2) is 8.94. The molecule has 1 heterocycles. The fourth-order valence-corrected chi connectivity index (χ4v) is 3.57. The van der Waals surface area contributed by atoms with Gasteiger partial charge in [0.2, 0.25) is 0 Å². The van der Waals surface area contributed by atoms with Crippen LogP contribution >= 0.6 is 15.9 Å². The van der Waals surface area contributed by atoms with E-state index < -0.39 is 12.1 Å². The summed E-state index contributed by atoms with van der Waals surface area (Å²) in [6.45, 7) is 1.79. The number of hydrogen-bond donors (Lipinski definition) is 1. The molecule has 0 spiro atoms. The molecule has 3 rings (SSSR count). The number of rotatable bonds is 6. The summed E-state index contributed by atoms with van der Waals surface area (Å²) >= 11 is 3.43. The maximum atomic E-state index is 12.6. The number of alkyl halides is 3. The lowest BCUT2D eigenvalue weighted by Gasteiger charge is -2.18. The van der Waals surface area contributed by atoms with E-state index in [4.69, 9.17) is 10.7 Å². The Bertz CT molecular complexity index is 1190. The fourth-order valence-electron chi connectivity index (χ4n) is 3.04. The number of aromatic nitrogens is 4. The van der Waals surface area contributed by atoms with E-state index in [-0.39, 0.29) is 11.5 Å². The van der Waals surface area contributed by atoms with Gasteiger partial charge in [0.15, 0.2) is 5.76 Å². The second-order valence-corrected chi connectivity index (χ2v) is 7.14. The number of hydrogen-bond acceptors (Lipinski definition) is 6. The van der Waals surface area contributed by atoms with Gasteiger partial charge in [-0.25, -0.2) is 4.79 Å². The van der Waals surface area contributed by atoms with Gasteiger partial charge in [0, 0.05) is 17.1 Å². The van der Waals surface area contributed by atoms with Crippen LogP contribution in [0.15, 0.2) is 51.7 Å². The Labute approximate surface area is 182 Å². The van der Waals surface area contributed by atoms with Crippen molar-refractivity contribution in [2.24, 2.45) is 12.9 Å². The molecule has 1 aromatic heterocycles. The monoisotopic (exact) mass is 499 g/mol. The standard InChI is InChI=1S/C19H17BrF3N5O3/c1-3-13(11-6-4-7-12(10-11)30-19(21,22)23)17(31-24)16-14(20)8-5-9-15(16)28-18(29)27(2)25-26-28/h4-10H,3,24H2,1-2H3/b17-13+. The molecule has 0 atom stereocenters. The van der Waals surface area contributed by atoms with Gasteiger partial charge in [-0.15, -0.1) is 13.2 Å². The van der Waals surface area contributed by atoms with Crippen LogP contribution in [0.4, 0.5) is 13.2 Å². The van der Waals surface area contributed by atoms with E-state index in [1.807, 2.05) is 0 Å². The van der Waals surface area contributed by atoms with Crippen molar-refractivity contribution in [2.75, 3.05) is 0 Å². The molecule has 31 heavy (non-hydrogen) atoms. The van der Waals surface area contributed by atoms with Crippen molar-refractivity contribution < 1.29 is 22.7 Å². The molecule has 0 unspecified atom stereocenters. The van der Waals surface area contributed by atoms with Crippen molar-refractivity contribution in [3.8, 4) is 11.4 Å². The zero-order valence-electron chi connectivity index (χ0n) is 16.4. The van der Waals surface area contributed by atoms with Crippen molar-refractivity contribution in [3.63, 3.8) is 0 Å². The van der Waals surface area contributed by atoms with Gasteiger partial charge in [-0.05, 0) is 62.6 Å². The third kappa shape index (κ3) is 4.80. The molecule has 0 saturated heterocycles. The highest BCUT2D eigenvalue weighted by molar-refractivity contribution is 9.10. The highest BCUT2D eigenvalue weighted by atomic mass is 79.9. The molecular weight excluding hydrogens is 483 g/mol. The van der Waals surface area contributed by atoms with Crippen LogP contribution in [0.3, 0.4) is 0 Å². The number of allylic oxidation sites excluding steroid dienone is 1. The molecule has 0 saturated carbocycles. The average Bonchev–Trinajstić information content (AvgIpc) is 3.04. The molecule has 2 N–H and O–H groups in total. The van der Waals surface area contributed by atoms with Crippen LogP contribution in [-0.2, 0) is 11.9 Å². The molecule has 2 aromatic carbocycles. The topological polar surface area (TPSA) is 97.2 Å². The number of nitrogens with zero attached hydrogens (tertiary/aromatic N) is 4. The fraction of sp³-hybridized carbons (Fsp3) is 0.211. The maximum Gasteiger partial charge on any atom is 0.573 e. The highest BCUT2D eigenvalue weighted by Crippen LogP contribution is 2.37. The number of ether oxygens (including phenoxy) is 1. The molecule has 0 aliphatic rings. The van der Waals surface area contributed by atoms with Gasteiger partial charge in [-0.1, -0.05) is 25.1 Å². The van der Waals surface area contributed by atoms with E-state index in [0.29, 0.717) is 33.3 Å². The predicted molar refractivity (Wildman–Crippen MR) is 110 cm³/mol. The number of benzene rings is 2. The van der Waals surface area contributed by atoms with E-state index in [0.717, 1.165) is 9.36 Å². The minimum Gasteiger partial charge on any atom is -0.410 e. The molecule has 0 aliphatic heterocycles. The smallest absolute Gasteiger partial charge is 0.410 e. The summed E-state index contributed by atoms with van der Waals surface area (Å²) in [6, 6.07) is 10.5. The zero-order valence-corrected chi connectivity index (χ0v) is 17.9. The van der Waals surface area contributed by atoms with Gasteiger partial charge >= 0.3 is 12.1 Å². The van der Waals surface area contributed by atoms with Gasteiger partial charge in [0.1, 0.15) is 5.75 Å². The minimum absolute atomic E-state index is 0.145. The Hall–Kier alpha value is -3.12. The van der Waals surface area contributed by atoms with Crippen LogP contribution in [0.1, 0.15) is 24.5 Å². The SMILES string of the molecule is CC/C(=C(\ON)c1c(Br)cccc1-n1nnn(C)c1=O)c1cccc(OC(F)(F)F)c1. The predicted octanol–water partition coefficient (Wildman–Crippen LogP) is 3.80. The average molecular weight is 500 g/mol. The second-order valence-electron chi connectivity index (χ2n) is 6.29. The molecule has 164 valence electrons. The van der Waals surface area contributed by atoms with E-state index in [1.54, 1.807) is 31.2 Å². The van der Waals surface area contributed by atoms with Crippen LogP contribution in [0.5, 0.6) is 5.75 Å². The van der Waals surface area contributed by atoms with Crippen LogP contribution in [0.2, 0.25) is 0 Å². The van der Waals surface area contributed by atoms with Crippen molar-refractivity contribution in [1.82, 2.24) is 19.8 Å². The van der Waals surface area contributed by atoms with Gasteiger partial charge < -0.3 is 9.57 Å². The molecule has 0 amide bonds. The quantitative estimate of drug-likeness (QED) is 0.314. The van der Waals surface area contributed by atoms with Crippen molar-refractivity contribution >= 4 is 27.3 Å². The van der Waals surface area contributed by atoms with E-state index in [1.165, 1.54) is 25.2 Å². The van der Waals surface area contributed by atoms with Gasteiger partial charge in [-0.3, -0.25) is 0 Å². The summed E-state index contributed by atoms with van der Waals surface area (Å²) in [7, 11) is 1.45. The Morgan fingerprint density at radius 2 is 1.90 bits per heavy atom. The molecular formula is C19H17BrF3N5O3. The van der Waals surface area contributed by atoms with Crippen LogP contribution in [0.25, 0.3) is 17.0 Å². The Morgan fingerprint density at radius 3 is 2.48 bits per heavy atom. The summed E-state index contributed by atoms with van der Waals surface area (Å²) < 4.78 is 44.6. The molecule has 12 heteroatoms. The van der Waals surface area contributed by atoms with Crippen molar-refractivity contribution in [3.05, 3.63) is 68.5 Å². The summed E-state index contributed by atoms with van der Waals surface area (Å²) in [5.74, 6) is 5.36. The van der Waals surface area contributed by atoms with Crippen molar-refractivity contribution in [1.29, 1.82) is 0 Å². The van der Waals surface area contributed by atoms with Crippen molar-refractivity contribution in [2.45, 2.75) is 19.7 Å². The lowest BCUT2D eigenvalue weighted by Crippen LogP contribution is -2.23. The Kier molecular flexibility index (Phi) is 6.51. The Balaban J connectivity index is 2.24. The third-order valence-corrected chi connectivity index (χ3v) is 4.99. The minimum atomic E-state index is -4.83. The normalized spacial score (nSPS) is 12.5. The molecule has 0 fully saturated rings. The van der Waals surface area contributed by atoms with Gasteiger partial charge in [0.25, 0.3) is 0 Å². The van der Waals surface area contributed by atoms with E-state index in [9.17, 15) is 18.0 Å². The third-order valence-electron chi connectivity index (χ3n) is 4.33. The van der Waals surface area contributed by atoms with Crippen LogP contribution < -0.4 is 16.3 Å². The highest BCUT2D eigenvalue weighted by Gasteiger charge is 2.31. The van der Waals surface area contributed by atoms with Crippen LogP contribution in [-0.4, -0.2) is 26.2 Å². The summed E-state index contributed by atoms with van der Waals surface area (Å²) in [6.07, 6.45) is -4.48. The zero-order chi connectivity index (χ0) is 22.8. The Morgan fingerprint density at radius 1 is 1.19 bits per heavy atom. The van der Waals surface area contributed by atoms with Crippen LogP contribution in [0, 0.1) is 0 Å². The number of nitrogens with two attached hydrogens (primary N) is 1. The lowest BCUT2D eigenvalue weighted by molar-refractivity contribution is -0.274. The first-order chi connectivity index (χ1) is 14.7. The van der Waals surface area contributed by atoms with Gasteiger partial charge in [-0.2, -0.15) is 15.3 Å². The van der Waals surface area contributed by atoms with Gasteiger partial charge in [0.05, 0.1) is 11.3 Å². The molecule has 0 radical (unpaired) electrons. The summed E-state index contributed by atoms with van der Waals surface area (Å²) in [5, 5.41) is 7.56. The lowest BCUT2D eigenvalue weighted by atomic mass is 9.97. The first-order valence-corrected chi connectivity index (χ1v) is 9.70. The summed E-state index contributed by atoms with van der Waals surface area (Å²) in [5.41, 5.74) is 1.08. The molecule has 0 aliphatic carbocycles. The number of halogens is 4. The number of aryl methyl sites for hydroxylation is 1. The molecule has 0 bridgehead atoms. The van der Waals surface area contributed by atoms with E-state index >= 15 is 0 Å². The maximum absolute atomic E-state index is 12.6. The first-order valence-electron chi connectivity index (χ1n) is 8.90. The molecule has 3 aromatic rings. The summed E-state index contributed by atoms with van der Waals surface area (Å²) in [4.78, 5) is 17.6. The van der Waals surface area contributed by atoms with E-state index in [2.05, 4.69) is 31.1 Å². The molecule has 8 nitrogen and oxygen atoms in total.